The molecule has 2 aromatic rings. The van der Waals surface area contributed by atoms with Crippen LogP contribution in [0.3, 0.4) is 0 Å². The van der Waals surface area contributed by atoms with E-state index >= 15 is 0 Å². The Hall–Kier alpha value is -2.28. The Kier molecular flexibility index (Phi) is 3.89. The van der Waals surface area contributed by atoms with Crippen LogP contribution in [-0.4, -0.2) is 40.1 Å². The number of aliphatic hydroxyl groups excluding tert-OH is 1. The standard InChI is InChI=1S/C15H20N4O3/c1-9-6-12(19-15(16-9)17-14(8-20)18-19)11-7-10(21-2)4-5-13(11)22-3/h4-5,7,9,12,20H,6,8H2,1-3H3,(H,16,17,18)/t9-,12-/m0/s1. The minimum absolute atomic E-state index is 0.0240. The van der Waals surface area contributed by atoms with Gasteiger partial charge in [-0.25, -0.2) is 4.68 Å². The van der Waals surface area contributed by atoms with Crippen molar-refractivity contribution >= 4 is 5.95 Å². The fraction of sp³-hybridized carbons (Fsp3) is 0.467. The van der Waals surface area contributed by atoms with E-state index in [-0.39, 0.29) is 18.7 Å². The second kappa shape index (κ2) is 5.84. The summed E-state index contributed by atoms with van der Waals surface area (Å²) < 4.78 is 12.6. The number of rotatable bonds is 4. The Bertz CT molecular complexity index is 671. The summed E-state index contributed by atoms with van der Waals surface area (Å²) in [7, 11) is 3.29. The van der Waals surface area contributed by atoms with E-state index in [4.69, 9.17) is 9.47 Å². The lowest BCUT2D eigenvalue weighted by Crippen LogP contribution is -2.31. The molecule has 0 bridgehead atoms. The van der Waals surface area contributed by atoms with Crippen molar-refractivity contribution in [2.75, 3.05) is 19.5 Å². The largest absolute Gasteiger partial charge is 0.497 e. The van der Waals surface area contributed by atoms with Crippen LogP contribution in [0.2, 0.25) is 0 Å². The van der Waals surface area contributed by atoms with E-state index in [9.17, 15) is 5.11 Å². The first-order valence-electron chi connectivity index (χ1n) is 7.21. The second-order valence-electron chi connectivity index (χ2n) is 5.36. The highest BCUT2D eigenvalue weighted by molar-refractivity contribution is 5.45. The minimum atomic E-state index is -0.183. The molecule has 1 aliphatic rings. The van der Waals surface area contributed by atoms with Gasteiger partial charge >= 0.3 is 0 Å². The average Bonchev–Trinajstić information content (AvgIpc) is 2.96. The van der Waals surface area contributed by atoms with Crippen LogP contribution < -0.4 is 14.8 Å². The first kappa shape index (κ1) is 14.6. The monoisotopic (exact) mass is 304 g/mol. The predicted octanol–water partition coefficient (Wildman–Crippen LogP) is 1.58. The molecular formula is C15H20N4O3. The highest BCUT2D eigenvalue weighted by atomic mass is 16.5. The molecule has 0 saturated carbocycles. The summed E-state index contributed by atoms with van der Waals surface area (Å²) in [6.45, 7) is 1.91. The van der Waals surface area contributed by atoms with Gasteiger partial charge in [0.2, 0.25) is 5.95 Å². The number of hydrogen-bond acceptors (Lipinski definition) is 6. The average molecular weight is 304 g/mol. The topological polar surface area (TPSA) is 81.4 Å². The van der Waals surface area contributed by atoms with Crippen LogP contribution in [-0.2, 0) is 6.61 Å². The summed E-state index contributed by atoms with van der Waals surface area (Å²) in [5, 5.41) is 17.0. The van der Waals surface area contributed by atoms with E-state index in [1.54, 1.807) is 14.2 Å². The molecule has 0 saturated heterocycles. The van der Waals surface area contributed by atoms with Crippen LogP contribution in [0.15, 0.2) is 18.2 Å². The van der Waals surface area contributed by atoms with Crippen molar-refractivity contribution in [3.63, 3.8) is 0 Å². The molecule has 2 N–H and O–H groups in total. The number of hydrogen-bond donors (Lipinski definition) is 2. The maximum Gasteiger partial charge on any atom is 0.222 e. The fourth-order valence-electron chi connectivity index (χ4n) is 2.82. The number of ether oxygens (including phenoxy) is 2. The van der Waals surface area contributed by atoms with Gasteiger partial charge < -0.3 is 19.9 Å². The quantitative estimate of drug-likeness (QED) is 0.892. The molecule has 0 unspecified atom stereocenters. The smallest absolute Gasteiger partial charge is 0.222 e. The summed E-state index contributed by atoms with van der Waals surface area (Å²) in [5.74, 6) is 2.62. The minimum Gasteiger partial charge on any atom is -0.497 e. The number of anilines is 1. The molecule has 1 aliphatic heterocycles. The van der Waals surface area contributed by atoms with Crippen LogP contribution in [0.5, 0.6) is 11.5 Å². The number of fused-ring (bicyclic) bond motifs is 1. The van der Waals surface area contributed by atoms with Gasteiger partial charge in [-0.15, -0.1) is 0 Å². The van der Waals surface area contributed by atoms with Crippen molar-refractivity contribution in [2.24, 2.45) is 0 Å². The zero-order valence-corrected chi connectivity index (χ0v) is 12.9. The van der Waals surface area contributed by atoms with Gasteiger partial charge in [-0.05, 0) is 31.5 Å². The van der Waals surface area contributed by atoms with E-state index in [1.807, 2.05) is 22.9 Å². The molecular weight excluding hydrogens is 284 g/mol. The summed E-state index contributed by atoms with van der Waals surface area (Å²) in [6, 6.07) is 5.94. The highest BCUT2D eigenvalue weighted by Crippen LogP contribution is 2.37. The van der Waals surface area contributed by atoms with Crippen LogP contribution >= 0.6 is 0 Å². The van der Waals surface area contributed by atoms with Crippen molar-refractivity contribution in [3.05, 3.63) is 29.6 Å². The number of benzene rings is 1. The lowest BCUT2D eigenvalue weighted by atomic mass is 9.97. The second-order valence-corrected chi connectivity index (χ2v) is 5.36. The number of methoxy groups -OCH3 is 2. The molecule has 2 heterocycles. The van der Waals surface area contributed by atoms with Crippen molar-refractivity contribution in [2.45, 2.75) is 32.0 Å². The van der Waals surface area contributed by atoms with Crippen molar-refractivity contribution < 1.29 is 14.6 Å². The molecule has 0 radical (unpaired) electrons. The van der Waals surface area contributed by atoms with Crippen molar-refractivity contribution in [1.29, 1.82) is 0 Å². The van der Waals surface area contributed by atoms with Crippen LogP contribution in [0.4, 0.5) is 5.95 Å². The number of nitrogens with one attached hydrogen (secondary N) is 1. The first-order chi connectivity index (χ1) is 10.7. The summed E-state index contributed by atoms with van der Waals surface area (Å²) in [5.41, 5.74) is 0.992. The van der Waals surface area contributed by atoms with Gasteiger partial charge in [-0.3, -0.25) is 0 Å². The normalized spacial score (nSPS) is 20.2. The molecule has 0 spiro atoms. The molecule has 3 rings (SSSR count). The highest BCUT2D eigenvalue weighted by Gasteiger charge is 2.30. The van der Waals surface area contributed by atoms with Crippen LogP contribution in [0.25, 0.3) is 0 Å². The number of nitrogens with zero attached hydrogens (tertiary/aromatic N) is 3. The Labute approximate surface area is 128 Å². The van der Waals surface area contributed by atoms with E-state index in [1.165, 1.54) is 0 Å². The Morgan fingerprint density at radius 2 is 2.18 bits per heavy atom. The summed E-state index contributed by atoms with van der Waals surface area (Å²) >= 11 is 0. The molecule has 0 fully saturated rings. The van der Waals surface area contributed by atoms with Crippen molar-refractivity contribution in [3.8, 4) is 11.5 Å². The third kappa shape index (κ3) is 2.48. The van der Waals surface area contributed by atoms with Gasteiger partial charge in [0, 0.05) is 11.6 Å². The molecule has 0 aliphatic carbocycles. The molecule has 0 amide bonds. The van der Waals surface area contributed by atoms with Gasteiger partial charge in [0.05, 0.1) is 20.3 Å². The molecule has 22 heavy (non-hydrogen) atoms. The lowest BCUT2D eigenvalue weighted by molar-refractivity contribution is 0.269. The number of aliphatic hydroxyl groups is 1. The molecule has 2 atom stereocenters. The zero-order chi connectivity index (χ0) is 15.7. The Morgan fingerprint density at radius 3 is 2.86 bits per heavy atom. The molecule has 1 aromatic heterocycles. The van der Waals surface area contributed by atoms with Crippen LogP contribution in [0, 0.1) is 0 Å². The third-order valence-electron chi connectivity index (χ3n) is 3.86. The zero-order valence-electron chi connectivity index (χ0n) is 12.9. The third-order valence-corrected chi connectivity index (χ3v) is 3.86. The SMILES string of the molecule is COc1ccc(OC)c([C@@H]2C[C@H](C)Nc3nc(CO)nn32)c1. The van der Waals surface area contributed by atoms with E-state index in [2.05, 4.69) is 22.3 Å². The summed E-state index contributed by atoms with van der Waals surface area (Å²) in [4.78, 5) is 4.31. The Morgan fingerprint density at radius 1 is 1.36 bits per heavy atom. The maximum atomic E-state index is 9.28. The number of aromatic nitrogens is 3. The Balaban J connectivity index is 2.10. The maximum absolute atomic E-state index is 9.28. The summed E-state index contributed by atoms with van der Waals surface area (Å²) in [6.07, 6.45) is 0.838. The van der Waals surface area contributed by atoms with Gasteiger partial charge in [-0.1, -0.05) is 0 Å². The van der Waals surface area contributed by atoms with Crippen LogP contribution in [0.1, 0.15) is 30.8 Å². The molecule has 7 nitrogen and oxygen atoms in total. The van der Waals surface area contributed by atoms with Crippen molar-refractivity contribution in [1.82, 2.24) is 14.8 Å². The molecule has 1 aromatic carbocycles. The van der Waals surface area contributed by atoms with E-state index in [0.29, 0.717) is 11.8 Å². The van der Waals surface area contributed by atoms with E-state index in [0.717, 1.165) is 23.5 Å². The molecule has 7 heteroatoms. The first-order valence-corrected chi connectivity index (χ1v) is 7.21. The van der Waals surface area contributed by atoms with Gasteiger partial charge in [-0.2, -0.15) is 10.1 Å². The predicted molar refractivity (Wildman–Crippen MR) is 81.3 cm³/mol. The lowest BCUT2D eigenvalue weighted by Gasteiger charge is -2.30. The van der Waals surface area contributed by atoms with E-state index < -0.39 is 0 Å². The van der Waals surface area contributed by atoms with Gasteiger partial charge in [0.25, 0.3) is 0 Å². The fourth-order valence-corrected chi connectivity index (χ4v) is 2.82. The van der Waals surface area contributed by atoms with Gasteiger partial charge in [0.1, 0.15) is 18.1 Å². The molecule has 118 valence electrons. The van der Waals surface area contributed by atoms with Gasteiger partial charge in [0.15, 0.2) is 5.82 Å².